The molecule has 1 unspecified atom stereocenters. The lowest BCUT2D eigenvalue weighted by molar-refractivity contribution is 0.0265. The molecule has 2 nitrogen and oxygen atoms in total. The van der Waals surface area contributed by atoms with Gasteiger partial charge in [0, 0.05) is 17.3 Å². The standard InChI is InChI=1S/C15H21BrO2/c1-3-6-15(17,4-2)10-12-9-13(16)8-11-5-7-18-14(11)12/h8-9,17H,3-7,10H2,1-2H3. The molecule has 0 radical (unpaired) electrons. The van der Waals surface area contributed by atoms with Gasteiger partial charge in [0.05, 0.1) is 12.2 Å². The number of hydrogen-bond donors (Lipinski definition) is 1. The average Bonchev–Trinajstić information content (AvgIpc) is 2.77. The molecule has 1 aliphatic rings. The summed E-state index contributed by atoms with van der Waals surface area (Å²) in [4.78, 5) is 0. The highest BCUT2D eigenvalue weighted by atomic mass is 79.9. The highest BCUT2D eigenvalue weighted by Gasteiger charge is 2.27. The first-order chi connectivity index (χ1) is 8.58. The minimum atomic E-state index is -0.602. The molecule has 0 fully saturated rings. The van der Waals surface area contributed by atoms with Crippen molar-refractivity contribution in [3.8, 4) is 5.75 Å². The van der Waals surface area contributed by atoms with E-state index in [0.29, 0.717) is 6.42 Å². The quantitative estimate of drug-likeness (QED) is 0.894. The Hall–Kier alpha value is -0.540. The van der Waals surface area contributed by atoms with Gasteiger partial charge < -0.3 is 9.84 Å². The van der Waals surface area contributed by atoms with Gasteiger partial charge in [0.2, 0.25) is 0 Å². The summed E-state index contributed by atoms with van der Waals surface area (Å²) in [6, 6.07) is 4.21. The van der Waals surface area contributed by atoms with Crippen molar-refractivity contribution in [2.75, 3.05) is 6.61 Å². The Balaban J connectivity index is 2.28. The predicted molar refractivity (Wildman–Crippen MR) is 77.2 cm³/mol. The Morgan fingerprint density at radius 1 is 1.39 bits per heavy atom. The molecule has 1 N–H and O–H groups in total. The number of rotatable bonds is 5. The summed E-state index contributed by atoms with van der Waals surface area (Å²) in [5.74, 6) is 1.00. The van der Waals surface area contributed by atoms with Crippen LogP contribution in [0.2, 0.25) is 0 Å². The highest BCUT2D eigenvalue weighted by Crippen LogP contribution is 2.36. The maximum Gasteiger partial charge on any atom is 0.125 e. The molecule has 0 aliphatic carbocycles. The zero-order valence-electron chi connectivity index (χ0n) is 11.1. The fourth-order valence-corrected chi connectivity index (χ4v) is 3.24. The minimum Gasteiger partial charge on any atom is -0.493 e. The van der Waals surface area contributed by atoms with Crippen LogP contribution in [-0.4, -0.2) is 17.3 Å². The van der Waals surface area contributed by atoms with Gasteiger partial charge in [-0.05, 0) is 36.1 Å². The molecule has 1 atom stereocenters. The molecule has 1 aromatic rings. The lowest BCUT2D eigenvalue weighted by Gasteiger charge is -2.27. The van der Waals surface area contributed by atoms with Crippen LogP contribution in [0.5, 0.6) is 5.75 Å². The number of halogens is 1. The third-order valence-corrected chi connectivity index (χ3v) is 4.18. The number of hydrogen-bond acceptors (Lipinski definition) is 2. The van der Waals surface area contributed by atoms with Gasteiger partial charge in [0.15, 0.2) is 0 Å². The molecule has 0 aromatic heterocycles. The predicted octanol–water partition coefficient (Wildman–Crippen LogP) is 3.87. The normalized spacial score (nSPS) is 17.1. The molecule has 2 rings (SSSR count). The van der Waals surface area contributed by atoms with E-state index in [9.17, 15) is 5.11 Å². The van der Waals surface area contributed by atoms with E-state index < -0.39 is 5.60 Å². The Kier molecular flexibility index (Phi) is 4.33. The molecule has 1 aliphatic heterocycles. The Labute approximate surface area is 117 Å². The summed E-state index contributed by atoms with van der Waals surface area (Å²) >= 11 is 3.55. The van der Waals surface area contributed by atoms with Crippen LogP contribution in [0.25, 0.3) is 0 Å². The van der Waals surface area contributed by atoms with E-state index in [0.717, 1.165) is 48.1 Å². The van der Waals surface area contributed by atoms with E-state index in [4.69, 9.17) is 4.74 Å². The molecule has 1 heterocycles. The van der Waals surface area contributed by atoms with Crippen LogP contribution < -0.4 is 4.74 Å². The van der Waals surface area contributed by atoms with Crippen molar-refractivity contribution in [2.24, 2.45) is 0 Å². The topological polar surface area (TPSA) is 29.5 Å². The van der Waals surface area contributed by atoms with Gasteiger partial charge in [-0.2, -0.15) is 0 Å². The van der Waals surface area contributed by atoms with E-state index in [-0.39, 0.29) is 0 Å². The fraction of sp³-hybridized carbons (Fsp3) is 0.600. The summed E-state index contributed by atoms with van der Waals surface area (Å²) in [5, 5.41) is 10.6. The summed E-state index contributed by atoms with van der Waals surface area (Å²) in [7, 11) is 0. The van der Waals surface area contributed by atoms with Crippen molar-refractivity contribution in [1.82, 2.24) is 0 Å². The van der Waals surface area contributed by atoms with Gasteiger partial charge >= 0.3 is 0 Å². The van der Waals surface area contributed by atoms with Crippen molar-refractivity contribution in [2.45, 2.75) is 51.6 Å². The van der Waals surface area contributed by atoms with Crippen molar-refractivity contribution in [3.05, 3.63) is 27.7 Å². The average molecular weight is 313 g/mol. The summed E-state index contributed by atoms with van der Waals surface area (Å²) in [5.41, 5.74) is 1.79. The molecule has 0 bridgehead atoms. The largest absolute Gasteiger partial charge is 0.493 e. The molecular weight excluding hydrogens is 292 g/mol. The van der Waals surface area contributed by atoms with E-state index >= 15 is 0 Å². The van der Waals surface area contributed by atoms with Gasteiger partial charge in [-0.3, -0.25) is 0 Å². The lowest BCUT2D eigenvalue weighted by atomic mass is 9.87. The second kappa shape index (κ2) is 5.62. The summed E-state index contributed by atoms with van der Waals surface area (Å²) in [6.07, 6.45) is 4.27. The fourth-order valence-electron chi connectivity index (χ4n) is 2.69. The molecule has 0 amide bonds. The van der Waals surface area contributed by atoms with E-state index in [1.54, 1.807) is 0 Å². The SMILES string of the molecule is CCCC(O)(CC)Cc1cc(Br)cc2c1OCC2. The Morgan fingerprint density at radius 3 is 2.83 bits per heavy atom. The molecule has 0 spiro atoms. The van der Waals surface area contributed by atoms with Gasteiger partial charge in [-0.15, -0.1) is 0 Å². The molecule has 1 aromatic carbocycles. The van der Waals surface area contributed by atoms with E-state index in [2.05, 4.69) is 41.9 Å². The van der Waals surface area contributed by atoms with Crippen LogP contribution in [0, 0.1) is 0 Å². The molecule has 18 heavy (non-hydrogen) atoms. The second-order valence-electron chi connectivity index (χ2n) is 5.16. The van der Waals surface area contributed by atoms with Crippen molar-refractivity contribution < 1.29 is 9.84 Å². The van der Waals surface area contributed by atoms with Crippen LogP contribution in [-0.2, 0) is 12.8 Å². The smallest absolute Gasteiger partial charge is 0.125 e. The zero-order chi connectivity index (χ0) is 13.2. The second-order valence-corrected chi connectivity index (χ2v) is 6.07. The van der Waals surface area contributed by atoms with Crippen LogP contribution >= 0.6 is 15.9 Å². The lowest BCUT2D eigenvalue weighted by Crippen LogP contribution is -2.30. The Bertz CT molecular complexity index is 431. The summed E-state index contributed by atoms with van der Waals surface area (Å²) < 4.78 is 6.80. The van der Waals surface area contributed by atoms with Gasteiger partial charge in [-0.1, -0.05) is 36.2 Å². The first-order valence-corrected chi connectivity index (χ1v) is 7.54. The molecular formula is C15H21BrO2. The zero-order valence-corrected chi connectivity index (χ0v) is 12.7. The first-order valence-electron chi connectivity index (χ1n) is 6.74. The van der Waals surface area contributed by atoms with Crippen LogP contribution in [0.4, 0.5) is 0 Å². The molecule has 0 saturated heterocycles. The molecule has 0 saturated carbocycles. The number of fused-ring (bicyclic) bond motifs is 1. The first kappa shape index (κ1) is 13.9. The van der Waals surface area contributed by atoms with Crippen LogP contribution in [0.1, 0.15) is 44.2 Å². The van der Waals surface area contributed by atoms with Crippen molar-refractivity contribution in [3.63, 3.8) is 0 Å². The molecule has 100 valence electrons. The van der Waals surface area contributed by atoms with Gasteiger partial charge in [0.25, 0.3) is 0 Å². The van der Waals surface area contributed by atoms with Gasteiger partial charge in [0.1, 0.15) is 5.75 Å². The maximum absolute atomic E-state index is 10.6. The van der Waals surface area contributed by atoms with Crippen LogP contribution in [0.3, 0.4) is 0 Å². The van der Waals surface area contributed by atoms with Crippen molar-refractivity contribution in [1.29, 1.82) is 0 Å². The Morgan fingerprint density at radius 2 is 2.17 bits per heavy atom. The van der Waals surface area contributed by atoms with Gasteiger partial charge in [-0.25, -0.2) is 0 Å². The number of aliphatic hydroxyl groups is 1. The third kappa shape index (κ3) is 2.89. The van der Waals surface area contributed by atoms with Crippen molar-refractivity contribution >= 4 is 15.9 Å². The maximum atomic E-state index is 10.6. The third-order valence-electron chi connectivity index (χ3n) is 3.72. The van der Waals surface area contributed by atoms with E-state index in [1.165, 1.54) is 5.56 Å². The minimum absolute atomic E-state index is 0.602. The number of ether oxygens (including phenoxy) is 1. The van der Waals surface area contributed by atoms with Crippen LogP contribution in [0.15, 0.2) is 16.6 Å². The number of benzene rings is 1. The summed E-state index contributed by atoms with van der Waals surface area (Å²) in [6.45, 7) is 4.92. The molecule has 3 heteroatoms. The monoisotopic (exact) mass is 312 g/mol. The van der Waals surface area contributed by atoms with E-state index in [1.807, 2.05) is 0 Å². The highest BCUT2D eigenvalue weighted by molar-refractivity contribution is 9.10.